The number of anilines is 4. The number of allylic oxidation sites excluding steroid dienone is 2. The van der Waals surface area contributed by atoms with Gasteiger partial charge in [-0.2, -0.15) is 0 Å². The lowest BCUT2D eigenvalue weighted by atomic mass is 9.77. The lowest BCUT2D eigenvalue weighted by Crippen LogP contribution is -2.47. The Bertz CT molecular complexity index is 1570. The molecule has 0 aromatic heterocycles. The predicted octanol–water partition coefficient (Wildman–Crippen LogP) is 7.95. The predicted molar refractivity (Wildman–Crippen MR) is 168 cm³/mol. The quantitative estimate of drug-likeness (QED) is 0.227. The van der Waals surface area contributed by atoms with Gasteiger partial charge in [-0.25, -0.2) is 0 Å². The second-order valence-electron chi connectivity index (χ2n) is 10.2. The molecular weight excluding hydrogens is 484 g/mol. The van der Waals surface area contributed by atoms with E-state index in [9.17, 15) is 0 Å². The van der Waals surface area contributed by atoms with E-state index in [0.29, 0.717) is 0 Å². The summed E-state index contributed by atoms with van der Waals surface area (Å²) in [7, 11) is 0. The van der Waals surface area contributed by atoms with E-state index >= 15 is 0 Å². The Kier molecular flexibility index (Phi) is 6.35. The van der Waals surface area contributed by atoms with Crippen LogP contribution in [0.1, 0.15) is 0 Å². The largest absolute Gasteiger partial charge is 0.313 e. The summed E-state index contributed by atoms with van der Waals surface area (Å²) in [6.45, 7) is 0. The molecule has 0 N–H and O–H groups in total. The van der Waals surface area contributed by atoms with Crippen LogP contribution in [0.25, 0.3) is 11.4 Å². The van der Waals surface area contributed by atoms with E-state index in [4.69, 9.17) is 0 Å². The van der Waals surface area contributed by atoms with Crippen LogP contribution in [0.5, 0.6) is 0 Å². The number of benzene rings is 5. The van der Waals surface area contributed by atoms with Crippen molar-refractivity contribution in [3.8, 4) is 0 Å². The van der Waals surface area contributed by atoms with Crippen LogP contribution < -0.4 is 20.2 Å². The molecule has 2 aliphatic carbocycles. The molecular formula is C38H30N2. The maximum absolute atomic E-state index is 2.45. The van der Waals surface area contributed by atoms with Crippen LogP contribution in [0.2, 0.25) is 0 Å². The molecule has 7 rings (SSSR count). The van der Waals surface area contributed by atoms with Gasteiger partial charge in [-0.05, 0) is 48.5 Å². The molecule has 0 radical (unpaired) electrons. The first-order chi connectivity index (χ1) is 19.9. The van der Waals surface area contributed by atoms with E-state index in [1.807, 2.05) is 0 Å². The van der Waals surface area contributed by atoms with E-state index < -0.39 is 0 Å². The zero-order valence-electron chi connectivity index (χ0n) is 22.2. The van der Waals surface area contributed by atoms with Crippen molar-refractivity contribution >= 4 is 34.1 Å². The van der Waals surface area contributed by atoms with Gasteiger partial charge in [0.05, 0.1) is 0 Å². The van der Waals surface area contributed by atoms with Crippen LogP contribution in [0.4, 0.5) is 22.7 Å². The second kappa shape index (κ2) is 10.6. The molecule has 0 saturated carbocycles. The molecule has 2 heteroatoms. The van der Waals surface area contributed by atoms with Crippen molar-refractivity contribution in [1.82, 2.24) is 0 Å². The third-order valence-corrected chi connectivity index (χ3v) is 7.78. The van der Waals surface area contributed by atoms with E-state index in [1.54, 1.807) is 0 Å². The van der Waals surface area contributed by atoms with Gasteiger partial charge >= 0.3 is 0 Å². The summed E-state index contributed by atoms with van der Waals surface area (Å²) in [6, 6.07) is 51.9. The van der Waals surface area contributed by atoms with Crippen LogP contribution in [0.3, 0.4) is 0 Å². The molecule has 5 aromatic rings. The van der Waals surface area contributed by atoms with Gasteiger partial charge in [0.15, 0.2) is 0 Å². The number of para-hydroxylation sites is 4. The fourth-order valence-corrected chi connectivity index (χ4v) is 6.12. The smallest absolute Gasteiger partial charge is 0.0458 e. The van der Waals surface area contributed by atoms with Crippen molar-refractivity contribution in [3.05, 3.63) is 180 Å². The maximum atomic E-state index is 2.45. The highest BCUT2D eigenvalue weighted by Gasteiger charge is 2.37. The molecule has 2 nitrogen and oxygen atoms in total. The Hall–Kier alpha value is -5.08. The molecule has 0 heterocycles. The van der Waals surface area contributed by atoms with E-state index in [0.717, 1.165) is 22.7 Å². The van der Waals surface area contributed by atoms with Gasteiger partial charge in [0, 0.05) is 56.4 Å². The molecule has 2 unspecified atom stereocenters. The standard InChI is InChI=1S/C38H30N2/c1-5-17-29(18-6-1)39(30-19-7-2-8-20-30)37-33-25-13-15-27-35(33)38(36-28-16-14-26-34(36)37)40(31-21-9-3-10-22-31)32-23-11-4-12-24-32/h1-28,33,35H. The van der Waals surface area contributed by atoms with Gasteiger partial charge in [-0.1, -0.05) is 121 Å². The zero-order valence-corrected chi connectivity index (χ0v) is 22.2. The molecule has 0 aliphatic heterocycles. The van der Waals surface area contributed by atoms with Crippen molar-refractivity contribution in [2.75, 3.05) is 9.80 Å². The van der Waals surface area contributed by atoms with E-state index in [-0.39, 0.29) is 11.8 Å². The molecule has 2 aliphatic rings. The summed E-state index contributed by atoms with van der Waals surface area (Å²) < 4.78 is 0. The highest BCUT2D eigenvalue weighted by atomic mass is 15.2. The Balaban J connectivity index is 1.60. The second-order valence-corrected chi connectivity index (χ2v) is 10.2. The topological polar surface area (TPSA) is 6.48 Å². The summed E-state index contributed by atoms with van der Waals surface area (Å²) in [5, 5.41) is 2.51. The zero-order chi connectivity index (χ0) is 26.7. The molecule has 0 fully saturated rings. The SMILES string of the molecule is C1=CC2C(N(c3ccccc3)c3ccccc3)=c3ccccc3=C(N(c3ccccc3)c3ccccc3)C2C=C1. The number of hydrogen-bond acceptors (Lipinski definition) is 2. The van der Waals surface area contributed by atoms with Crippen LogP contribution in [0, 0.1) is 11.8 Å². The molecule has 0 amide bonds. The third-order valence-electron chi connectivity index (χ3n) is 7.78. The van der Waals surface area contributed by atoms with Crippen LogP contribution in [0.15, 0.2) is 170 Å². The highest BCUT2D eigenvalue weighted by Crippen LogP contribution is 2.44. The third kappa shape index (κ3) is 4.24. The van der Waals surface area contributed by atoms with Crippen molar-refractivity contribution in [2.45, 2.75) is 0 Å². The van der Waals surface area contributed by atoms with Gasteiger partial charge in [-0.15, -0.1) is 0 Å². The van der Waals surface area contributed by atoms with Gasteiger partial charge in [0.25, 0.3) is 0 Å². The van der Waals surface area contributed by atoms with Crippen molar-refractivity contribution in [1.29, 1.82) is 0 Å². The molecule has 2 atom stereocenters. The summed E-state index contributed by atoms with van der Waals surface area (Å²) in [5.41, 5.74) is 7.23. The normalized spacial score (nSPS) is 17.2. The first kappa shape index (κ1) is 24.0. The Morgan fingerprint density at radius 1 is 0.325 bits per heavy atom. The maximum Gasteiger partial charge on any atom is 0.0458 e. The summed E-state index contributed by atoms with van der Waals surface area (Å²) >= 11 is 0. The van der Waals surface area contributed by atoms with Gasteiger partial charge in [-0.3, -0.25) is 0 Å². The van der Waals surface area contributed by atoms with Crippen LogP contribution in [-0.4, -0.2) is 0 Å². The van der Waals surface area contributed by atoms with Crippen molar-refractivity contribution < 1.29 is 0 Å². The fourth-order valence-electron chi connectivity index (χ4n) is 6.12. The number of hydrogen-bond donors (Lipinski definition) is 0. The van der Waals surface area contributed by atoms with Crippen LogP contribution >= 0.6 is 0 Å². The van der Waals surface area contributed by atoms with Crippen LogP contribution in [-0.2, 0) is 0 Å². The summed E-state index contributed by atoms with van der Waals surface area (Å²) in [4.78, 5) is 4.90. The first-order valence-electron chi connectivity index (χ1n) is 13.9. The van der Waals surface area contributed by atoms with E-state index in [1.165, 1.54) is 21.8 Å². The molecule has 192 valence electrons. The van der Waals surface area contributed by atoms with Gasteiger partial charge in [0.1, 0.15) is 0 Å². The highest BCUT2D eigenvalue weighted by molar-refractivity contribution is 5.89. The average molecular weight is 515 g/mol. The summed E-state index contributed by atoms with van der Waals surface area (Å²) in [5.74, 6) is 0.287. The average Bonchev–Trinajstić information content (AvgIpc) is 3.04. The number of nitrogens with zero attached hydrogens (tertiary/aromatic N) is 2. The van der Waals surface area contributed by atoms with Crippen molar-refractivity contribution in [3.63, 3.8) is 0 Å². The Labute approximate surface area is 235 Å². The monoisotopic (exact) mass is 514 g/mol. The van der Waals surface area contributed by atoms with Gasteiger partial charge in [0.2, 0.25) is 0 Å². The lowest BCUT2D eigenvalue weighted by Gasteiger charge is -2.42. The molecule has 0 bridgehead atoms. The fraction of sp³-hybridized carbons (Fsp3) is 0.0526. The van der Waals surface area contributed by atoms with E-state index in [2.05, 4.69) is 180 Å². The molecule has 0 spiro atoms. The number of rotatable bonds is 6. The molecule has 40 heavy (non-hydrogen) atoms. The molecule has 0 saturated heterocycles. The summed E-state index contributed by atoms with van der Waals surface area (Å²) in [6.07, 6.45) is 9.17. The minimum Gasteiger partial charge on any atom is -0.313 e. The number of fused-ring (bicyclic) bond motifs is 2. The lowest BCUT2D eigenvalue weighted by molar-refractivity contribution is 0.662. The molecule has 5 aromatic carbocycles. The van der Waals surface area contributed by atoms with Gasteiger partial charge < -0.3 is 9.80 Å². The van der Waals surface area contributed by atoms with Crippen molar-refractivity contribution in [2.24, 2.45) is 11.8 Å². The minimum atomic E-state index is 0.144. The first-order valence-corrected chi connectivity index (χ1v) is 13.9. The Morgan fingerprint density at radius 3 is 0.900 bits per heavy atom. The Morgan fingerprint density at radius 2 is 0.600 bits per heavy atom. The minimum absolute atomic E-state index is 0.144.